The van der Waals surface area contributed by atoms with Gasteiger partial charge in [0.15, 0.2) is 5.96 Å². The number of hydrogen-bond donors (Lipinski definition) is 3. The Morgan fingerprint density at radius 1 is 1.35 bits per heavy atom. The van der Waals surface area contributed by atoms with Crippen molar-refractivity contribution in [3.05, 3.63) is 18.5 Å². The van der Waals surface area contributed by atoms with Crippen LogP contribution in [0.15, 0.2) is 23.5 Å². The van der Waals surface area contributed by atoms with E-state index in [0.717, 1.165) is 32.3 Å². The number of nitrogens with one attached hydrogen (secondary N) is 3. The molecule has 1 aromatic rings. The highest BCUT2D eigenvalue weighted by atomic mass is 32.2. The second-order valence-electron chi connectivity index (χ2n) is 6.00. The molecule has 0 saturated heterocycles. The fraction of sp³-hybridized carbons (Fsp3) is 0.714. The summed E-state index contributed by atoms with van der Waals surface area (Å²) in [5.74, 6) is 0.677. The Bertz CT molecular complexity index is 580. The highest BCUT2D eigenvalue weighted by Crippen LogP contribution is 2.04. The second kappa shape index (κ2) is 8.88. The largest absolute Gasteiger partial charge is 0.357 e. The molecule has 1 heterocycles. The van der Waals surface area contributed by atoms with Crippen molar-refractivity contribution in [3.8, 4) is 0 Å². The summed E-state index contributed by atoms with van der Waals surface area (Å²) in [4.78, 5) is 4.45. The number of guanidine groups is 1. The number of aromatic nitrogens is 2. The third kappa shape index (κ3) is 9.19. The zero-order chi connectivity index (χ0) is 17.3. The van der Waals surface area contributed by atoms with E-state index in [4.69, 9.17) is 0 Å². The van der Waals surface area contributed by atoms with Crippen molar-refractivity contribution >= 4 is 16.0 Å². The summed E-state index contributed by atoms with van der Waals surface area (Å²) >= 11 is 0. The summed E-state index contributed by atoms with van der Waals surface area (Å²) in [7, 11) is -3.26. The van der Waals surface area contributed by atoms with E-state index in [1.165, 1.54) is 0 Å². The van der Waals surface area contributed by atoms with Crippen molar-refractivity contribution in [2.45, 2.75) is 39.3 Å². The van der Waals surface area contributed by atoms with Crippen LogP contribution in [0.3, 0.4) is 0 Å². The van der Waals surface area contributed by atoms with E-state index < -0.39 is 15.6 Å². The SMILES string of the molecule is CCNC(=NCC(C)(C)NS(C)(=O)=O)NCCCn1cccn1. The van der Waals surface area contributed by atoms with E-state index in [9.17, 15) is 8.42 Å². The van der Waals surface area contributed by atoms with Crippen LogP contribution >= 0.6 is 0 Å². The molecule has 0 radical (unpaired) electrons. The van der Waals surface area contributed by atoms with Gasteiger partial charge in [-0.25, -0.2) is 13.1 Å². The molecular weight excluding hydrogens is 316 g/mol. The Balaban J connectivity index is 2.45. The molecule has 0 atom stereocenters. The van der Waals surface area contributed by atoms with Gasteiger partial charge in [0.05, 0.1) is 12.8 Å². The van der Waals surface area contributed by atoms with Gasteiger partial charge in [-0.3, -0.25) is 9.67 Å². The predicted octanol–water partition coefficient (Wildman–Crippen LogP) is 0.156. The molecule has 0 fully saturated rings. The Morgan fingerprint density at radius 3 is 2.65 bits per heavy atom. The molecule has 0 amide bonds. The summed E-state index contributed by atoms with van der Waals surface area (Å²) in [6.07, 6.45) is 5.75. The van der Waals surface area contributed by atoms with E-state index in [1.54, 1.807) is 20.0 Å². The molecule has 0 saturated carbocycles. The van der Waals surface area contributed by atoms with E-state index in [0.29, 0.717) is 12.5 Å². The van der Waals surface area contributed by atoms with Crippen molar-refractivity contribution in [1.82, 2.24) is 25.1 Å². The third-order valence-corrected chi connectivity index (χ3v) is 3.78. The Labute approximate surface area is 138 Å². The van der Waals surface area contributed by atoms with Crippen LogP contribution in [0, 0.1) is 0 Å². The lowest BCUT2D eigenvalue weighted by Crippen LogP contribution is -2.46. The lowest BCUT2D eigenvalue weighted by molar-refractivity contribution is 0.464. The van der Waals surface area contributed by atoms with Gasteiger partial charge in [-0.1, -0.05) is 0 Å². The average molecular weight is 344 g/mol. The fourth-order valence-electron chi connectivity index (χ4n) is 2.03. The molecule has 0 aliphatic carbocycles. The quantitative estimate of drug-likeness (QED) is 0.336. The molecule has 132 valence electrons. The van der Waals surface area contributed by atoms with Crippen molar-refractivity contribution < 1.29 is 8.42 Å². The van der Waals surface area contributed by atoms with Crippen LogP contribution in [0.4, 0.5) is 0 Å². The molecular formula is C14H28N6O2S. The van der Waals surface area contributed by atoms with Crippen LogP contribution in [-0.2, 0) is 16.6 Å². The summed E-state index contributed by atoms with van der Waals surface area (Å²) in [5.41, 5.74) is -0.634. The minimum Gasteiger partial charge on any atom is -0.357 e. The number of aliphatic imine (C=N–C) groups is 1. The highest BCUT2D eigenvalue weighted by Gasteiger charge is 2.21. The maximum absolute atomic E-state index is 11.3. The van der Waals surface area contributed by atoms with Gasteiger partial charge in [0.2, 0.25) is 10.0 Å². The van der Waals surface area contributed by atoms with E-state index in [-0.39, 0.29) is 0 Å². The maximum Gasteiger partial charge on any atom is 0.209 e. The zero-order valence-electron chi connectivity index (χ0n) is 14.3. The van der Waals surface area contributed by atoms with Gasteiger partial charge in [0.25, 0.3) is 0 Å². The van der Waals surface area contributed by atoms with Crippen molar-refractivity contribution in [2.24, 2.45) is 4.99 Å². The van der Waals surface area contributed by atoms with Crippen LogP contribution in [0.25, 0.3) is 0 Å². The molecule has 0 aliphatic rings. The molecule has 8 nitrogen and oxygen atoms in total. The molecule has 0 aliphatic heterocycles. The van der Waals surface area contributed by atoms with Gasteiger partial charge in [-0.2, -0.15) is 5.10 Å². The molecule has 1 aromatic heterocycles. The maximum atomic E-state index is 11.3. The first-order chi connectivity index (χ1) is 10.7. The summed E-state index contributed by atoms with van der Waals surface area (Å²) in [5, 5.41) is 10.5. The van der Waals surface area contributed by atoms with E-state index in [1.807, 2.05) is 23.9 Å². The zero-order valence-corrected chi connectivity index (χ0v) is 15.2. The van der Waals surface area contributed by atoms with Gasteiger partial charge in [-0.15, -0.1) is 0 Å². The average Bonchev–Trinajstić information content (AvgIpc) is 2.91. The Hall–Kier alpha value is -1.61. The summed E-state index contributed by atoms with van der Waals surface area (Å²) in [6.45, 7) is 8.27. The van der Waals surface area contributed by atoms with Crippen LogP contribution < -0.4 is 15.4 Å². The van der Waals surface area contributed by atoms with Gasteiger partial charge >= 0.3 is 0 Å². The Kier molecular flexibility index (Phi) is 7.50. The third-order valence-electron chi connectivity index (χ3n) is 2.85. The lowest BCUT2D eigenvalue weighted by atomic mass is 10.1. The van der Waals surface area contributed by atoms with Gasteiger partial charge < -0.3 is 10.6 Å². The van der Waals surface area contributed by atoms with E-state index in [2.05, 4.69) is 25.4 Å². The van der Waals surface area contributed by atoms with Crippen molar-refractivity contribution in [3.63, 3.8) is 0 Å². The molecule has 23 heavy (non-hydrogen) atoms. The molecule has 0 bridgehead atoms. The summed E-state index contributed by atoms with van der Waals surface area (Å²) < 4.78 is 27.1. The first-order valence-corrected chi connectivity index (χ1v) is 9.59. The molecule has 0 unspecified atom stereocenters. The standard InChI is InChI=1S/C14H28N6O2S/c1-5-15-13(16-8-6-10-20-11-7-9-18-20)17-12-14(2,3)19-23(4,21)22/h7,9,11,19H,5-6,8,10,12H2,1-4H3,(H2,15,16,17). The lowest BCUT2D eigenvalue weighted by Gasteiger charge is -2.23. The van der Waals surface area contributed by atoms with Crippen molar-refractivity contribution in [1.29, 1.82) is 0 Å². The van der Waals surface area contributed by atoms with Crippen LogP contribution in [0.1, 0.15) is 27.2 Å². The van der Waals surface area contributed by atoms with Crippen LogP contribution in [-0.4, -0.2) is 55.6 Å². The smallest absolute Gasteiger partial charge is 0.209 e. The molecule has 1 rings (SSSR count). The first kappa shape index (κ1) is 19.4. The topological polar surface area (TPSA) is 100 Å². The summed E-state index contributed by atoms with van der Waals surface area (Å²) in [6, 6.07) is 1.90. The van der Waals surface area contributed by atoms with Crippen molar-refractivity contribution in [2.75, 3.05) is 25.9 Å². The normalized spacial score (nSPS) is 13.1. The molecule has 0 aromatic carbocycles. The predicted molar refractivity (Wildman–Crippen MR) is 92.9 cm³/mol. The minimum atomic E-state index is -3.26. The van der Waals surface area contributed by atoms with Gasteiger partial charge in [0.1, 0.15) is 0 Å². The molecule has 9 heteroatoms. The molecule has 3 N–H and O–H groups in total. The first-order valence-electron chi connectivity index (χ1n) is 7.70. The van der Waals surface area contributed by atoms with E-state index >= 15 is 0 Å². The minimum absolute atomic E-state index is 0.342. The second-order valence-corrected chi connectivity index (χ2v) is 7.75. The molecule has 0 spiro atoms. The van der Waals surface area contributed by atoms with Crippen LogP contribution in [0.2, 0.25) is 0 Å². The highest BCUT2D eigenvalue weighted by molar-refractivity contribution is 7.88. The number of hydrogen-bond acceptors (Lipinski definition) is 4. The van der Waals surface area contributed by atoms with Gasteiger partial charge in [-0.05, 0) is 33.3 Å². The number of nitrogens with zero attached hydrogens (tertiary/aromatic N) is 3. The Morgan fingerprint density at radius 2 is 2.09 bits per heavy atom. The number of aryl methyl sites for hydroxylation is 1. The monoisotopic (exact) mass is 344 g/mol. The number of sulfonamides is 1. The number of rotatable bonds is 9. The van der Waals surface area contributed by atoms with Gasteiger partial charge in [0, 0.05) is 37.6 Å². The fourth-order valence-corrected chi connectivity index (χ4v) is 3.10. The van der Waals surface area contributed by atoms with Crippen LogP contribution in [0.5, 0.6) is 0 Å².